The predicted molar refractivity (Wildman–Crippen MR) is 38.8 cm³/mol. The van der Waals surface area contributed by atoms with Crippen molar-refractivity contribution in [1.29, 1.82) is 0 Å². The molecule has 2 aliphatic heterocycles. The van der Waals surface area contributed by atoms with Gasteiger partial charge in [0.2, 0.25) is 0 Å². The molecule has 0 aromatic heterocycles. The molecule has 2 heterocycles. The van der Waals surface area contributed by atoms with Crippen LogP contribution in [0, 0.1) is 0 Å². The minimum Gasteiger partial charge on any atom is -0.371 e. The van der Waals surface area contributed by atoms with Crippen LogP contribution in [0.5, 0.6) is 0 Å². The Bertz CT molecular complexity index is 137. The van der Waals surface area contributed by atoms with Crippen molar-refractivity contribution in [2.45, 2.75) is 18.1 Å². The quantitative estimate of drug-likeness (QED) is 0.491. The Morgan fingerprint density at radius 1 is 1.60 bits per heavy atom. The molecule has 2 aliphatic rings. The fourth-order valence-electron chi connectivity index (χ4n) is 2.04. The van der Waals surface area contributed by atoms with E-state index in [-0.39, 0.29) is 11.6 Å². The summed E-state index contributed by atoms with van der Waals surface area (Å²) in [5.74, 6) is 0. The first-order valence-electron chi connectivity index (χ1n) is 3.78. The van der Waals surface area contributed by atoms with Crippen LogP contribution in [0.25, 0.3) is 0 Å². The van der Waals surface area contributed by atoms with E-state index >= 15 is 0 Å². The lowest BCUT2D eigenvalue weighted by Crippen LogP contribution is -2.59. The van der Waals surface area contributed by atoms with E-state index in [1.807, 2.05) is 0 Å². The van der Waals surface area contributed by atoms with Crippen LogP contribution in [0.1, 0.15) is 6.42 Å². The first kappa shape index (κ1) is 6.58. The Hall–Kier alpha value is -0.120. The van der Waals surface area contributed by atoms with Gasteiger partial charge in [-0.15, -0.1) is 0 Å². The molecule has 0 radical (unpaired) electrons. The van der Waals surface area contributed by atoms with Crippen LogP contribution in [0.4, 0.5) is 0 Å². The standard InChI is InChI=1S/C7H14N2O/c1-9-4-7(5-9)2-6(8)3-10-7/h6H,2-5,8H2,1H3. The second-order valence-corrected chi connectivity index (χ2v) is 3.63. The summed E-state index contributed by atoms with van der Waals surface area (Å²) < 4.78 is 5.59. The van der Waals surface area contributed by atoms with Crippen molar-refractivity contribution in [3.8, 4) is 0 Å². The molecule has 1 atom stereocenters. The van der Waals surface area contributed by atoms with Crippen molar-refractivity contribution in [2.24, 2.45) is 5.73 Å². The van der Waals surface area contributed by atoms with Gasteiger partial charge in [-0.2, -0.15) is 0 Å². The van der Waals surface area contributed by atoms with E-state index in [2.05, 4.69) is 11.9 Å². The van der Waals surface area contributed by atoms with Crippen molar-refractivity contribution in [3.63, 3.8) is 0 Å². The third-order valence-electron chi connectivity index (χ3n) is 2.35. The Kier molecular flexibility index (Phi) is 1.27. The normalized spacial score (nSPS) is 38.4. The van der Waals surface area contributed by atoms with Gasteiger partial charge in [-0.1, -0.05) is 0 Å². The minimum atomic E-state index is 0.161. The van der Waals surface area contributed by atoms with Crippen molar-refractivity contribution in [2.75, 3.05) is 26.7 Å². The molecule has 0 saturated carbocycles. The average Bonchev–Trinajstić information content (AvgIpc) is 2.10. The lowest BCUT2D eigenvalue weighted by Gasteiger charge is -2.45. The third kappa shape index (κ3) is 0.856. The maximum atomic E-state index is 5.72. The van der Waals surface area contributed by atoms with E-state index in [1.165, 1.54) is 0 Å². The summed E-state index contributed by atoms with van der Waals surface area (Å²) in [6.45, 7) is 2.90. The second-order valence-electron chi connectivity index (χ2n) is 3.63. The summed E-state index contributed by atoms with van der Waals surface area (Å²) in [6.07, 6.45) is 1.05. The number of hydrogen-bond acceptors (Lipinski definition) is 3. The SMILES string of the molecule is CN1CC2(CC(N)CO2)C1. The molecule has 2 N–H and O–H groups in total. The van der Waals surface area contributed by atoms with Crippen LogP contribution in [0.3, 0.4) is 0 Å². The average molecular weight is 142 g/mol. The molecule has 0 bridgehead atoms. The van der Waals surface area contributed by atoms with Gasteiger partial charge in [0.1, 0.15) is 0 Å². The fourth-order valence-corrected chi connectivity index (χ4v) is 2.04. The number of nitrogens with two attached hydrogens (primary N) is 1. The van der Waals surface area contributed by atoms with E-state index < -0.39 is 0 Å². The summed E-state index contributed by atoms with van der Waals surface area (Å²) in [4.78, 5) is 2.26. The highest BCUT2D eigenvalue weighted by molar-refractivity contribution is 5.01. The highest BCUT2D eigenvalue weighted by atomic mass is 16.5. The second kappa shape index (κ2) is 1.94. The number of nitrogens with zero attached hydrogens (tertiary/aromatic N) is 1. The summed E-state index contributed by atoms with van der Waals surface area (Å²) in [6, 6.07) is 0.286. The maximum absolute atomic E-state index is 5.72. The molecular weight excluding hydrogens is 128 g/mol. The summed E-state index contributed by atoms with van der Waals surface area (Å²) >= 11 is 0. The van der Waals surface area contributed by atoms with Gasteiger partial charge in [0.15, 0.2) is 0 Å². The van der Waals surface area contributed by atoms with Gasteiger partial charge >= 0.3 is 0 Å². The Morgan fingerprint density at radius 2 is 2.30 bits per heavy atom. The van der Waals surface area contributed by atoms with Gasteiger partial charge in [0, 0.05) is 19.1 Å². The molecule has 3 heteroatoms. The lowest BCUT2D eigenvalue weighted by molar-refractivity contribution is -0.100. The molecular formula is C7H14N2O. The summed E-state index contributed by atoms with van der Waals surface area (Å²) in [5.41, 5.74) is 5.88. The Morgan fingerprint density at radius 3 is 2.70 bits per heavy atom. The lowest BCUT2D eigenvalue weighted by atomic mass is 9.90. The van der Waals surface area contributed by atoms with Crippen molar-refractivity contribution in [3.05, 3.63) is 0 Å². The van der Waals surface area contributed by atoms with Gasteiger partial charge < -0.3 is 15.4 Å². The maximum Gasteiger partial charge on any atom is 0.0950 e. The first-order valence-corrected chi connectivity index (χ1v) is 3.78. The zero-order chi connectivity index (χ0) is 7.19. The van der Waals surface area contributed by atoms with Crippen LogP contribution in [0.15, 0.2) is 0 Å². The molecule has 2 fully saturated rings. The van der Waals surface area contributed by atoms with Crippen molar-refractivity contribution >= 4 is 0 Å². The molecule has 1 unspecified atom stereocenters. The van der Waals surface area contributed by atoms with Crippen molar-refractivity contribution < 1.29 is 4.74 Å². The fraction of sp³-hybridized carbons (Fsp3) is 1.00. The topological polar surface area (TPSA) is 38.5 Å². The largest absolute Gasteiger partial charge is 0.371 e. The van der Waals surface area contributed by atoms with E-state index in [9.17, 15) is 0 Å². The van der Waals surface area contributed by atoms with Crippen LogP contribution < -0.4 is 5.73 Å². The third-order valence-corrected chi connectivity index (χ3v) is 2.35. The van der Waals surface area contributed by atoms with Gasteiger partial charge in [-0.05, 0) is 13.5 Å². The monoisotopic (exact) mass is 142 g/mol. The van der Waals surface area contributed by atoms with Gasteiger partial charge in [0.05, 0.1) is 12.2 Å². The Balaban J connectivity index is 1.95. The number of likely N-dealkylation sites (N-methyl/N-ethyl adjacent to an activating group) is 1. The van der Waals surface area contributed by atoms with E-state index in [0.717, 1.165) is 26.1 Å². The molecule has 0 aliphatic carbocycles. The molecule has 10 heavy (non-hydrogen) atoms. The van der Waals surface area contributed by atoms with Crippen LogP contribution >= 0.6 is 0 Å². The molecule has 0 aromatic rings. The van der Waals surface area contributed by atoms with E-state index in [4.69, 9.17) is 10.5 Å². The molecule has 0 amide bonds. The van der Waals surface area contributed by atoms with E-state index in [0.29, 0.717) is 0 Å². The molecule has 58 valence electrons. The van der Waals surface area contributed by atoms with Crippen LogP contribution in [-0.4, -0.2) is 43.3 Å². The molecule has 2 rings (SSSR count). The zero-order valence-electron chi connectivity index (χ0n) is 6.34. The first-order chi connectivity index (χ1) is 4.70. The number of ether oxygens (including phenoxy) is 1. The molecule has 0 aromatic carbocycles. The number of rotatable bonds is 0. The van der Waals surface area contributed by atoms with Gasteiger partial charge in [-0.3, -0.25) is 0 Å². The smallest absolute Gasteiger partial charge is 0.0950 e. The summed E-state index contributed by atoms with van der Waals surface area (Å²) in [5, 5.41) is 0. The molecule has 3 nitrogen and oxygen atoms in total. The highest BCUT2D eigenvalue weighted by Gasteiger charge is 2.47. The van der Waals surface area contributed by atoms with E-state index in [1.54, 1.807) is 0 Å². The van der Waals surface area contributed by atoms with Crippen LogP contribution in [0.2, 0.25) is 0 Å². The minimum absolute atomic E-state index is 0.161. The molecule has 2 saturated heterocycles. The van der Waals surface area contributed by atoms with Gasteiger partial charge in [0.25, 0.3) is 0 Å². The predicted octanol–water partition coefficient (Wildman–Crippen LogP) is -0.582. The van der Waals surface area contributed by atoms with Crippen LogP contribution in [-0.2, 0) is 4.74 Å². The number of hydrogen-bond donors (Lipinski definition) is 1. The zero-order valence-corrected chi connectivity index (χ0v) is 6.34. The molecule has 1 spiro atoms. The summed E-state index contributed by atoms with van der Waals surface area (Å²) in [7, 11) is 2.11. The number of likely N-dealkylation sites (tertiary alicyclic amines) is 1. The van der Waals surface area contributed by atoms with Crippen molar-refractivity contribution in [1.82, 2.24) is 4.90 Å². The highest BCUT2D eigenvalue weighted by Crippen LogP contribution is 2.32. The van der Waals surface area contributed by atoms with Gasteiger partial charge in [-0.25, -0.2) is 0 Å². The Labute approximate surface area is 61.1 Å².